The molecule has 3 nitrogen and oxygen atoms in total. The van der Waals surface area contributed by atoms with E-state index in [2.05, 4.69) is 79.7 Å². The summed E-state index contributed by atoms with van der Waals surface area (Å²) in [6.45, 7) is 7.82. The van der Waals surface area contributed by atoms with Gasteiger partial charge in [0.25, 0.3) is 0 Å². The fourth-order valence-electron chi connectivity index (χ4n) is 4.32. The van der Waals surface area contributed by atoms with Gasteiger partial charge in [-0.2, -0.15) is 0 Å². The van der Waals surface area contributed by atoms with Crippen LogP contribution in [0, 0.1) is 13.8 Å². The third kappa shape index (κ3) is 8.04. The number of rotatable bonds is 8. The van der Waals surface area contributed by atoms with Crippen molar-refractivity contribution in [2.24, 2.45) is 0 Å². The molecular formula is C33H41FN2O. The van der Waals surface area contributed by atoms with Gasteiger partial charge in [-0.15, -0.1) is 0 Å². The standard InChI is InChI=1S/C17H22N2.C16H19FO/c1-13-9-14(2)11-17(10-13)19(4)12-15-5-7-16(18-3)8-6-15;1-12(18)16(2,17)15-10-8-14(9-11-15)7-6-13-4-3-5-13/h5-11,18H,12H2,1-4H3;6,8-11H,3-5,7H2,1-2H3. The fourth-order valence-corrected chi connectivity index (χ4v) is 4.32. The molecule has 4 heteroatoms. The number of Topliss-reactive ketones (excluding diaryl/α,β-unsaturated/α-hetero) is 1. The molecule has 1 fully saturated rings. The first kappa shape index (κ1) is 28.2. The molecule has 196 valence electrons. The molecule has 1 aliphatic carbocycles. The number of carbonyl (C=O) groups excluding carboxylic acids is 1. The van der Waals surface area contributed by atoms with Gasteiger partial charge in [0.05, 0.1) is 0 Å². The minimum absolute atomic E-state index is 0.440. The van der Waals surface area contributed by atoms with E-state index in [4.69, 9.17) is 0 Å². The van der Waals surface area contributed by atoms with Gasteiger partial charge in [-0.05, 0) is 105 Å². The summed E-state index contributed by atoms with van der Waals surface area (Å²) in [5.74, 6) is -0.452. The number of alkyl halides is 1. The molecule has 1 atom stereocenters. The monoisotopic (exact) mass is 500 g/mol. The van der Waals surface area contributed by atoms with Crippen LogP contribution in [-0.2, 0) is 23.4 Å². The van der Waals surface area contributed by atoms with E-state index in [1.807, 2.05) is 19.2 Å². The Balaban J connectivity index is 0.000000206. The van der Waals surface area contributed by atoms with Crippen molar-refractivity contribution >= 4 is 17.2 Å². The van der Waals surface area contributed by atoms with Crippen LogP contribution in [-0.4, -0.2) is 19.9 Å². The molecule has 0 heterocycles. The second kappa shape index (κ2) is 12.7. The fraction of sp³-hybridized carbons (Fsp3) is 0.364. The van der Waals surface area contributed by atoms with Crippen LogP contribution < -0.4 is 10.2 Å². The average Bonchev–Trinajstić information content (AvgIpc) is 2.83. The Morgan fingerprint density at radius 2 is 1.54 bits per heavy atom. The lowest BCUT2D eigenvalue weighted by atomic mass is 9.90. The number of anilines is 2. The van der Waals surface area contributed by atoms with Crippen LogP contribution in [0.5, 0.6) is 0 Å². The molecule has 4 rings (SSSR count). The van der Waals surface area contributed by atoms with Gasteiger partial charge in [-0.1, -0.05) is 54.1 Å². The van der Waals surface area contributed by atoms with Gasteiger partial charge in [-0.25, -0.2) is 4.39 Å². The van der Waals surface area contributed by atoms with Crippen molar-refractivity contribution in [1.82, 2.24) is 0 Å². The molecule has 0 saturated heterocycles. The zero-order valence-electron chi connectivity index (χ0n) is 23.2. The molecule has 37 heavy (non-hydrogen) atoms. The smallest absolute Gasteiger partial charge is 0.190 e. The van der Waals surface area contributed by atoms with Crippen molar-refractivity contribution < 1.29 is 9.18 Å². The number of aryl methyl sites for hydroxylation is 2. The Kier molecular flexibility index (Phi) is 9.68. The molecule has 0 aromatic heterocycles. The van der Waals surface area contributed by atoms with Crippen LogP contribution in [0.3, 0.4) is 0 Å². The highest BCUT2D eigenvalue weighted by atomic mass is 19.1. The van der Waals surface area contributed by atoms with Gasteiger partial charge in [0.1, 0.15) is 0 Å². The van der Waals surface area contributed by atoms with E-state index < -0.39 is 11.5 Å². The quantitative estimate of drug-likeness (QED) is 0.317. The van der Waals surface area contributed by atoms with E-state index in [0.29, 0.717) is 5.56 Å². The molecule has 1 aliphatic rings. The first-order valence-electron chi connectivity index (χ1n) is 13.1. The number of benzene rings is 3. The predicted molar refractivity (Wildman–Crippen MR) is 155 cm³/mol. The van der Waals surface area contributed by atoms with Crippen LogP contribution >= 0.6 is 0 Å². The van der Waals surface area contributed by atoms with Crippen molar-refractivity contribution in [3.8, 4) is 0 Å². The summed E-state index contributed by atoms with van der Waals surface area (Å²) < 4.78 is 14.1. The van der Waals surface area contributed by atoms with E-state index in [0.717, 1.165) is 24.2 Å². The number of carbonyl (C=O) groups is 1. The number of nitrogens with zero attached hydrogens (tertiary/aromatic N) is 1. The van der Waals surface area contributed by atoms with Crippen LogP contribution in [0.2, 0.25) is 0 Å². The van der Waals surface area contributed by atoms with Crippen LogP contribution in [0.4, 0.5) is 15.8 Å². The maximum absolute atomic E-state index is 14.1. The largest absolute Gasteiger partial charge is 0.388 e. The lowest BCUT2D eigenvalue weighted by molar-refractivity contribution is -0.127. The average molecular weight is 501 g/mol. The summed E-state index contributed by atoms with van der Waals surface area (Å²) in [6.07, 6.45) is 6.93. The van der Waals surface area contributed by atoms with Crippen molar-refractivity contribution in [2.75, 3.05) is 24.3 Å². The maximum atomic E-state index is 14.1. The van der Waals surface area contributed by atoms with Crippen LogP contribution in [0.25, 0.3) is 0 Å². The van der Waals surface area contributed by atoms with Crippen molar-refractivity contribution in [1.29, 1.82) is 0 Å². The highest BCUT2D eigenvalue weighted by Gasteiger charge is 2.31. The summed E-state index contributed by atoms with van der Waals surface area (Å²) in [5, 5.41) is 3.14. The summed E-state index contributed by atoms with van der Waals surface area (Å²) in [4.78, 5) is 13.5. The first-order valence-corrected chi connectivity index (χ1v) is 13.1. The van der Waals surface area contributed by atoms with Crippen LogP contribution in [0.1, 0.15) is 60.9 Å². The highest BCUT2D eigenvalue weighted by Crippen LogP contribution is 2.28. The predicted octanol–water partition coefficient (Wildman–Crippen LogP) is 8.09. The Morgan fingerprint density at radius 1 is 0.973 bits per heavy atom. The van der Waals surface area contributed by atoms with Gasteiger partial charge in [0.2, 0.25) is 0 Å². The number of hydrogen-bond donors (Lipinski definition) is 1. The van der Waals surface area contributed by atoms with E-state index in [1.165, 1.54) is 61.1 Å². The van der Waals surface area contributed by atoms with Gasteiger partial charge < -0.3 is 10.2 Å². The second-order valence-electron chi connectivity index (χ2n) is 10.3. The Labute approximate surface area is 222 Å². The Hall–Kier alpha value is -3.40. The molecule has 1 saturated carbocycles. The topological polar surface area (TPSA) is 32.3 Å². The third-order valence-corrected chi connectivity index (χ3v) is 7.09. The third-order valence-electron chi connectivity index (χ3n) is 7.09. The molecule has 0 aliphatic heterocycles. The molecule has 3 aromatic carbocycles. The number of allylic oxidation sites excluding steroid dienone is 2. The molecule has 0 radical (unpaired) electrons. The zero-order chi connectivity index (χ0) is 27.0. The van der Waals surface area contributed by atoms with E-state index in [9.17, 15) is 9.18 Å². The molecule has 1 unspecified atom stereocenters. The molecule has 3 aromatic rings. The number of halogens is 1. The van der Waals surface area contributed by atoms with E-state index in [1.54, 1.807) is 12.1 Å². The molecule has 0 bridgehead atoms. The lowest BCUT2D eigenvalue weighted by Gasteiger charge is -2.20. The summed E-state index contributed by atoms with van der Waals surface area (Å²) >= 11 is 0. The van der Waals surface area contributed by atoms with Crippen molar-refractivity contribution in [2.45, 2.75) is 65.6 Å². The summed E-state index contributed by atoms with van der Waals surface area (Å²) in [5.41, 5.74) is 7.63. The molecule has 0 amide bonds. The van der Waals surface area contributed by atoms with Gasteiger partial charge in [0, 0.05) is 32.0 Å². The van der Waals surface area contributed by atoms with Crippen LogP contribution in [0.15, 0.2) is 78.4 Å². The molecule has 0 spiro atoms. The zero-order valence-corrected chi connectivity index (χ0v) is 23.2. The van der Waals surface area contributed by atoms with Gasteiger partial charge in [0.15, 0.2) is 11.5 Å². The van der Waals surface area contributed by atoms with E-state index >= 15 is 0 Å². The minimum atomic E-state index is -1.87. The summed E-state index contributed by atoms with van der Waals surface area (Å²) in [6, 6.07) is 22.5. The van der Waals surface area contributed by atoms with Crippen molar-refractivity contribution in [3.05, 3.63) is 106 Å². The second-order valence-corrected chi connectivity index (χ2v) is 10.3. The molecule has 1 N–H and O–H groups in total. The number of ketones is 1. The van der Waals surface area contributed by atoms with Gasteiger partial charge >= 0.3 is 0 Å². The normalized spacial score (nSPS) is 14.0. The lowest BCUT2D eigenvalue weighted by Crippen LogP contribution is -2.24. The highest BCUT2D eigenvalue weighted by molar-refractivity contribution is 5.85. The first-order chi connectivity index (χ1) is 17.6. The number of hydrogen-bond acceptors (Lipinski definition) is 3. The Bertz CT molecular complexity index is 1180. The van der Waals surface area contributed by atoms with E-state index in [-0.39, 0.29) is 0 Å². The number of nitrogens with one attached hydrogen (secondary N) is 1. The SMILES string of the molecule is CC(=O)C(C)(F)c1ccc(CC=C2CCC2)cc1.CNc1ccc(CN(C)c2cc(C)cc(C)c2)cc1. The van der Waals surface area contributed by atoms with Crippen molar-refractivity contribution in [3.63, 3.8) is 0 Å². The Morgan fingerprint density at radius 3 is 2.03 bits per heavy atom. The maximum Gasteiger partial charge on any atom is 0.190 e. The summed E-state index contributed by atoms with van der Waals surface area (Å²) in [7, 11) is 4.08. The minimum Gasteiger partial charge on any atom is -0.388 e. The van der Waals surface area contributed by atoms with Gasteiger partial charge in [-0.3, -0.25) is 4.79 Å². The molecular weight excluding hydrogens is 459 g/mol.